The van der Waals surface area contributed by atoms with Crippen molar-refractivity contribution < 1.29 is 9.18 Å². The van der Waals surface area contributed by atoms with Crippen molar-refractivity contribution in [1.29, 1.82) is 0 Å². The van der Waals surface area contributed by atoms with Crippen LogP contribution in [0.5, 0.6) is 0 Å². The Balaban J connectivity index is 1.48. The molecule has 0 aromatic heterocycles. The molecule has 124 valence electrons. The van der Waals surface area contributed by atoms with Crippen molar-refractivity contribution in [3.05, 3.63) is 70.5 Å². The number of carbonyl (C=O) groups is 1. The smallest absolute Gasteiger partial charge is 0.226 e. The number of hydrogen-bond acceptors (Lipinski definition) is 1. The van der Waals surface area contributed by atoms with Gasteiger partial charge in [0.05, 0.1) is 0 Å². The Morgan fingerprint density at radius 3 is 2.50 bits per heavy atom. The van der Waals surface area contributed by atoms with E-state index in [-0.39, 0.29) is 23.6 Å². The first-order valence-electron chi connectivity index (χ1n) is 8.43. The van der Waals surface area contributed by atoms with Crippen molar-refractivity contribution in [2.24, 2.45) is 5.92 Å². The van der Waals surface area contributed by atoms with Crippen molar-refractivity contribution in [2.75, 3.05) is 0 Å². The summed E-state index contributed by atoms with van der Waals surface area (Å²) >= 11 is 6.27. The summed E-state index contributed by atoms with van der Waals surface area (Å²) in [6.45, 7) is 0.565. The van der Waals surface area contributed by atoms with Gasteiger partial charge in [0.15, 0.2) is 0 Å². The lowest BCUT2D eigenvalue weighted by Gasteiger charge is -2.23. The summed E-state index contributed by atoms with van der Waals surface area (Å²) in [5.41, 5.74) is 2.06. The van der Waals surface area contributed by atoms with Crippen LogP contribution >= 0.6 is 11.6 Å². The van der Waals surface area contributed by atoms with Crippen LogP contribution in [-0.4, -0.2) is 16.8 Å². The van der Waals surface area contributed by atoms with Gasteiger partial charge in [0.25, 0.3) is 0 Å². The second kappa shape index (κ2) is 6.21. The second-order valence-electron chi connectivity index (χ2n) is 6.79. The number of benzene rings is 2. The zero-order valence-electron chi connectivity index (χ0n) is 13.3. The van der Waals surface area contributed by atoms with E-state index in [4.69, 9.17) is 11.6 Å². The topological polar surface area (TPSA) is 20.3 Å². The molecule has 1 amide bonds. The summed E-state index contributed by atoms with van der Waals surface area (Å²) in [6, 6.07) is 14.6. The molecule has 0 aliphatic heterocycles. The summed E-state index contributed by atoms with van der Waals surface area (Å²) in [5.74, 6) is 0.238. The maximum atomic E-state index is 13.1. The van der Waals surface area contributed by atoms with Crippen molar-refractivity contribution in [3.63, 3.8) is 0 Å². The van der Waals surface area contributed by atoms with Gasteiger partial charge in [0.1, 0.15) is 5.82 Å². The molecule has 2 atom stereocenters. The number of amides is 1. The van der Waals surface area contributed by atoms with Crippen molar-refractivity contribution >= 4 is 17.5 Å². The van der Waals surface area contributed by atoms with Gasteiger partial charge in [-0.3, -0.25) is 4.79 Å². The standard InChI is InChI=1S/C20H19ClFNO/c21-19-4-2-1-3-16(19)17-11-18(17)20(24)23(15-9-10-15)12-13-5-7-14(22)8-6-13/h1-8,15,17-18H,9-12H2. The van der Waals surface area contributed by atoms with E-state index in [1.807, 2.05) is 29.2 Å². The maximum absolute atomic E-state index is 13.1. The predicted molar refractivity (Wildman–Crippen MR) is 92.3 cm³/mol. The first-order valence-corrected chi connectivity index (χ1v) is 8.80. The molecule has 4 rings (SSSR count). The highest BCUT2D eigenvalue weighted by Crippen LogP contribution is 2.51. The average molecular weight is 344 g/mol. The second-order valence-corrected chi connectivity index (χ2v) is 7.20. The Labute approximate surface area is 146 Å². The molecule has 2 unspecified atom stereocenters. The van der Waals surface area contributed by atoms with Gasteiger partial charge >= 0.3 is 0 Å². The predicted octanol–water partition coefficient (Wildman–Crippen LogP) is 4.77. The highest BCUT2D eigenvalue weighted by atomic mass is 35.5. The van der Waals surface area contributed by atoms with Crippen LogP contribution in [0.4, 0.5) is 4.39 Å². The van der Waals surface area contributed by atoms with Crippen LogP contribution in [0.1, 0.15) is 36.3 Å². The summed E-state index contributed by atoms with van der Waals surface area (Å²) in [4.78, 5) is 14.9. The quantitative estimate of drug-likeness (QED) is 0.765. The molecule has 2 aliphatic rings. The fourth-order valence-corrected chi connectivity index (χ4v) is 3.64. The third kappa shape index (κ3) is 3.18. The monoisotopic (exact) mass is 343 g/mol. The van der Waals surface area contributed by atoms with Crippen LogP contribution in [-0.2, 0) is 11.3 Å². The molecule has 24 heavy (non-hydrogen) atoms. The highest BCUT2D eigenvalue weighted by molar-refractivity contribution is 6.31. The first kappa shape index (κ1) is 15.6. The van der Waals surface area contributed by atoms with Crippen molar-refractivity contribution in [1.82, 2.24) is 4.90 Å². The van der Waals surface area contributed by atoms with E-state index in [1.54, 1.807) is 12.1 Å². The lowest BCUT2D eigenvalue weighted by Crippen LogP contribution is -2.34. The molecule has 2 aromatic carbocycles. The highest BCUT2D eigenvalue weighted by Gasteiger charge is 2.48. The number of carbonyl (C=O) groups excluding carboxylic acids is 1. The first-order chi connectivity index (χ1) is 11.6. The van der Waals surface area contributed by atoms with Crippen LogP contribution in [0.25, 0.3) is 0 Å². The fourth-order valence-electron chi connectivity index (χ4n) is 3.36. The Kier molecular flexibility index (Phi) is 4.05. The number of halogens is 2. The Bertz CT molecular complexity index is 756. The van der Waals surface area contributed by atoms with E-state index in [9.17, 15) is 9.18 Å². The van der Waals surface area contributed by atoms with E-state index in [0.717, 1.165) is 35.4 Å². The molecular weight excluding hydrogens is 325 g/mol. The Morgan fingerprint density at radius 2 is 1.83 bits per heavy atom. The van der Waals surface area contributed by atoms with E-state index in [0.29, 0.717) is 12.6 Å². The van der Waals surface area contributed by atoms with Crippen LogP contribution in [0.3, 0.4) is 0 Å². The fraction of sp³-hybridized carbons (Fsp3) is 0.350. The molecule has 2 aliphatic carbocycles. The largest absolute Gasteiger partial charge is 0.335 e. The molecule has 2 fully saturated rings. The van der Waals surface area contributed by atoms with E-state index in [1.165, 1.54) is 12.1 Å². The van der Waals surface area contributed by atoms with Gasteiger partial charge in [-0.2, -0.15) is 0 Å². The minimum Gasteiger partial charge on any atom is -0.335 e. The molecule has 0 bridgehead atoms. The lowest BCUT2D eigenvalue weighted by molar-refractivity contribution is -0.133. The normalized spacial score (nSPS) is 22.2. The summed E-state index contributed by atoms with van der Waals surface area (Å²) in [6.07, 6.45) is 3.00. The van der Waals surface area contributed by atoms with Gasteiger partial charge in [-0.05, 0) is 54.5 Å². The molecule has 2 nitrogen and oxygen atoms in total. The Hall–Kier alpha value is -1.87. The van der Waals surface area contributed by atoms with Crippen LogP contribution in [0, 0.1) is 11.7 Å². The molecule has 2 aromatic rings. The van der Waals surface area contributed by atoms with Crippen LogP contribution in [0.2, 0.25) is 5.02 Å². The molecule has 0 N–H and O–H groups in total. The van der Waals surface area contributed by atoms with E-state index < -0.39 is 0 Å². The van der Waals surface area contributed by atoms with Gasteiger partial charge in [-0.25, -0.2) is 4.39 Å². The number of rotatable bonds is 5. The molecule has 0 radical (unpaired) electrons. The molecule has 0 spiro atoms. The minimum atomic E-state index is -0.246. The SMILES string of the molecule is O=C(C1CC1c1ccccc1Cl)N(Cc1ccc(F)cc1)C1CC1. The molecular formula is C20H19ClFNO. The van der Waals surface area contributed by atoms with Gasteiger partial charge < -0.3 is 4.90 Å². The van der Waals surface area contributed by atoms with Gasteiger partial charge in [0, 0.05) is 23.5 Å². The maximum Gasteiger partial charge on any atom is 0.226 e. The summed E-state index contributed by atoms with van der Waals surface area (Å²) < 4.78 is 13.1. The van der Waals surface area contributed by atoms with Gasteiger partial charge in [0.2, 0.25) is 5.91 Å². The van der Waals surface area contributed by atoms with Crippen molar-refractivity contribution in [2.45, 2.75) is 37.8 Å². The molecule has 0 saturated heterocycles. The molecule has 2 saturated carbocycles. The molecule has 4 heteroatoms. The van der Waals surface area contributed by atoms with Crippen molar-refractivity contribution in [3.8, 4) is 0 Å². The summed E-state index contributed by atoms with van der Waals surface area (Å²) in [7, 11) is 0. The van der Waals surface area contributed by atoms with Gasteiger partial charge in [-0.15, -0.1) is 0 Å². The lowest BCUT2D eigenvalue weighted by atomic mass is 10.1. The van der Waals surface area contributed by atoms with Crippen LogP contribution in [0.15, 0.2) is 48.5 Å². The number of hydrogen-bond donors (Lipinski definition) is 0. The third-order valence-electron chi connectivity index (χ3n) is 4.95. The molecule has 0 heterocycles. The zero-order valence-corrected chi connectivity index (χ0v) is 14.0. The third-order valence-corrected chi connectivity index (χ3v) is 5.29. The van der Waals surface area contributed by atoms with Gasteiger partial charge in [-0.1, -0.05) is 41.9 Å². The average Bonchev–Trinajstić information content (AvgIpc) is 3.47. The zero-order chi connectivity index (χ0) is 16.7. The Morgan fingerprint density at radius 1 is 1.12 bits per heavy atom. The summed E-state index contributed by atoms with van der Waals surface area (Å²) in [5, 5.41) is 0.745. The number of nitrogens with zero attached hydrogens (tertiary/aromatic N) is 1. The van der Waals surface area contributed by atoms with E-state index >= 15 is 0 Å². The van der Waals surface area contributed by atoms with Crippen LogP contribution < -0.4 is 0 Å². The minimum absolute atomic E-state index is 0.0333. The van der Waals surface area contributed by atoms with E-state index in [2.05, 4.69) is 0 Å².